The molecule has 11 heavy (non-hydrogen) atoms. The van der Waals surface area contributed by atoms with Crippen LogP contribution in [0, 0.1) is 5.92 Å². The molecular formula is C8H14S2Se. The van der Waals surface area contributed by atoms with Crippen LogP contribution in [-0.4, -0.2) is 19.6 Å². The Balaban J connectivity index is 3.07. The molecule has 0 heterocycles. The average Bonchev–Trinajstić information content (AvgIpc) is 1.96. The molecule has 0 saturated heterocycles. The first-order chi connectivity index (χ1) is 5.27. The second-order valence-electron chi connectivity index (χ2n) is 2.35. The van der Waals surface area contributed by atoms with Crippen molar-refractivity contribution in [1.29, 1.82) is 0 Å². The van der Waals surface area contributed by atoms with Crippen molar-refractivity contribution in [2.24, 2.45) is 5.92 Å². The van der Waals surface area contributed by atoms with Crippen molar-refractivity contribution < 1.29 is 0 Å². The molecule has 3 heteroatoms. The van der Waals surface area contributed by atoms with E-state index in [1.165, 1.54) is 5.75 Å². The molecule has 0 N–H and O–H groups in total. The van der Waals surface area contributed by atoms with Crippen LogP contribution in [0.3, 0.4) is 0 Å². The molecule has 0 rings (SSSR count). The van der Waals surface area contributed by atoms with Gasteiger partial charge in [0.05, 0.1) is 0 Å². The summed E-state index contributed by atoms with van der Waals surface area (Å²) in [6.07, 6.45) is 0. The van der Waals surface area contributed by atoms with Crippen molar-refractivity contribution in [3.8, 4) is 0 Å². The zero-order chi connectivity index (χ0) is 8.53. The summed E-state index contributed by atoms with van der Waals surface area (Å²) in [5.41, 5.74) is 0. The molecular weight excluding hydrogens is 239 g/mol. The van der Waals surface area contributed by atoms with E-state index in [9.17, 15) is 0 Å². The molecule has 0 amide bonds. The first-order valence-electron chi connectivity index (χ1n) is 3.47. The Morgan fingerprint density at radius 2 is 2.27 bits per heavy atom. The van der Waals surface area contributed by atoms with Gasteiger partial charge in [0.25, 0.3) is 0 Å². The molecule has 0 unspecified atom stereocenters. The van der Waals surface area contributed by atoms with Gasteiger partial charge in [-0.15, -0.1) is 0 Å². The second-order valence-corrected chi connectivity index (χ2v) is 7.25. The fourth-order valence-corrected chi connectivity index (χ4v) is 5.07. The molecule has 0 spiro atoms. The van der Waals surface area contributed by atoms with Crippen LogP contribution in [0.5, 0.6) is 0 Å². The Hall–Kier alpha value is 0.699. The predicted molar refractivity (Wildman–Crippen MR) is 60.0 cm³/mol. The number of hydrogen-bond donors (Lipinski definition) is 0. The van der Waals surface area contributed by atoms with Gasteiger partial charge in [-0.05, 0) is 0 Å². The molecule has 0 atom stereocenters. The first-order valence-corrected chi connectivity index (χ1v) is 8.41. The Morgan fingerprint density at radius 3 is 2.82 bits per heavy atom. The van der Waals surface area contributed by atoms with E-state index in [2.05, 4.69) is 30.8 Å². The topological polar surface area (TPSA) is 0 Å². The van der Waals surface area contributed by atoms with Gasteiger partial charge in [0.15, 0.2) is 0 Å². The van der Waals surface area contributed by atoms with Crippen LogP contribution in [0.25, 0.3) is 0 Å². The number of rotatable bonds is 6. The monoisotopic (exact) mass is 254 g/mol. The third-order valence-electron chi connectivity index (χ3n) is 0.755. The van der Waals surface area contributed by atoms with Crippen LogP contribution in [0.4, 0.5) is 0 Å². The van der Waals surface area contributed by atoms with Crippen LogP contribution in [-0.2, 0) is 0 Å². The second kappa shape index (κ2) is 8.79. The van der Waals surface area contributed by atoms with E-state index in [0.29, 0.717) is 13.8 Å². The van der Waals surface area contributed by atoms with Crippen molar-refractivity contribution >= 4 is 35.8 Å². The summed E-state index contributed by atoms with van der Waals surface area (Å²) >= 11 is 2.28. The fourth-order valence-electron chi connectivity index (χ4n) is 0.325. The van der Waals surface area contributed by atoms with Crippen molar-refractivity contribution in [2.45, 2.75) is 13.8 Å². The number of thioether (sulfide) groups is 1. The summed E-state index contributed by atoms with van der Waals surface area (Å²) in [5, 5.41) is 3.96. The summed E-state index contributed by atoms with van der Waals surface area (Å²) in [6.45, 7) is 8.13. The van der Waals surface area contributed by atoms with Crippen molar-refractivity contribution in [3.63, 3.8) is 0 Å². The van der Waals surface area contributed by atoms with E-state index < -0.39 is 0 Å². The van der Waals surface area contributed by atoms with Crippen molar-refractivity contribution in [3.05, 3.63) is 22.4 Å². The third kappa shape index (κ3) is 10.7. The molecule has 0 nitrogen and oxygen atoms in total. The van der Waals surface area contributed by atoms with Gasteiger partial charge < -0.3 is 0 Å². The summed E-state index contributed by atoms with van der Waals surface area (Å²) in [7, 11) is 2.04. The van der Waals surface area contributed by atoms with Crippen LogP contribution in [0.15, 0.2) is 22.4 Å². The van der Waals surface area contributed by atoms with Gasteiger partial charge in [0, 0.05) is 0 Å². The molecule has 0 aromatic carbocycles. The summed E-state index contributed by atoms with van der Waals surface area (Å²) in [4.78, 5) is 2.24. The van der Waals surface area contributed by atoms with Crippen LogP contribution >= 0.6 is 21.9 Å². The third-order valence-corrected chi connectivity index (χ3v) is 5.38. The Kier molecular flexibility index (Phi) is 9.35. The molecule has 0 aromatic heterocycles. The predicted octanol–water partition coefficient (Wildman–Crippen LogP) is 3.34. The summed E-state index contributed by atoms with van der Waals surface area (Å²) in [5.74, 6) is 2.10. The van der Waals surface area contributed by atoms with Crippen LogP contribution in [0.1, 0.15) is 13.8 Å². The number of hydrogen-bond acceptors (Lipinski definition) is 2. The zero-order valence-corrected chi connectivity index (χ0v) is 10.3. The average molecular weight is 253 g/mol. The van der Waals surface area contributed by atoms with Gasteiger partial charge in [-0.1, -0.05) is 0 Å². The minimum absolute atomic E-state index is 0.625. The SMILES string of the molecule is C=CS/C=C\[Se]SCC(C)C. The fraction of sp³-hybridized carbons (Fsp3) is 0.500. The van der Waals surface area contributed by atoms with Gasteiger partial charge in [-0.25, -0.2) is 0 Å². The van der Waals surface area contributed by atoms with E-state index in [-0.39, 0.29) is 0 Å². The van der Waals surface area contributed by atoms with Crippen molar-refractivity contribution in [1.82, 2.24) is 0 Å². The molecule has 0 aliphatic carbocycles. The standard InChI is InChI=1S/C8H14S2Se/c1-4-9-5-6-11-10-7-8(2)3/h4-6,8H,1,7H2,2-3H3/b6-5-. The van der Waals surface area contributed by atoms with E-state index in [0.717, 1.165) is 5.92 Å². The van der Waals surface area contributed by atoms with Gasteiger partial charge in [0.1, 0.15) is 0 Å². The molecule has 0 aromatic rings. The summed E-state index contributed by atoms with van der Waals surface area (Å²) in [6, 6.07) is 0. The maximum absolute atomic E-state index is 3.62. The molecule has 0 radical (unpaired) electrons. The van der Waals surface area contributed by atoms with Gasteiger partial charge in [-0.2, -0.15) is 0 Å². The van der Waals surface area contributed by atoms with Gasteiger partial charge in [0.2, 0.25) is 0 Å². The van der Waals surface area contributed by atoms with E-state index in [4.69, 9.17) is 0 Å². The molecule has 0 saturated carbocycles. The first kappa shape index (κ1) is 11.7. The quantitative estimate of drug-likeness (QED) is 0.526. The normalized spacial score (nSPS) is 11.2. The van der Waals surface area contributed by atoms with E-state index in [1.54, 1.807) is 11.8 Å². The van der Waals surface area contributed by atoms with Crippen LogP contribution in [0.2, 0.25) is 0 Å². The Bertz CT molecular complexity index is 121. The summed E-state index contributed by atoms with van der Waals surface area (Å²) < 4.78 is 0. The maximum atomic E-state index is 3.62. The van der Waals surface area contributed by atoms with Crippen molar-refractivity contribution in [2.75, 3.05) is 5.75 Å². The van der Waals surface area contributed by atoms with Gasteiger partial charge >= 0.3 is 83.7 Å². The molecule has 64 valence electrons. The van der Waals surface area contributed by atoms with Crippen LogP contribution < -0.4 is 0 Å². The zero-order valence-electron chi connectivity index (χ0n) is 6.95. The van der Waals surface area contributed by atoms with E-state index in [1.807, 2.05) is 15.6 Å². The molecule has 0 aliphatic heterocycles. The van der Waals surface area contributed by atoms with E-state index >= 15 is 0 Å². The molecule has 0 fully saturated rings. The Labute approximate surface area is 83.5 Å². The minimum atomic E-state index is 0.625. The van der Waals surface area contributed by atoms with Gasteiger partial charge in [-0.3, -0.25) is 0 Å². The molecule has 0 aliphatic rings. The molecule has 0 bridgehead atoms. The Morgan fingerprint density at radius 1 is 1.55 bits per heavy atom.